The van der Waals surface area contributed by atoms with Crippen LogP contribution in [-0.4, -0.2) is 38.1 Å². The Labute approximate surface area is 130 Å². The molecule has 0 saturated heterocycles. The molecule has 0 aliphatic carbocycles. The van der Waals surface area contributed by atoms with E-state index >= 15 is 0 Å². The predicted molar refractivity (Wildman–Crippen MR) is 83.4 cm³/mol. The van der Waals surface area contributed by atoms with Crippen molar-refractivity contribution in [3.8, 4) is 5.75 Å². The van der Waals surface area contributed by atoms with Crippen LogP contribution in [0.25, 0.3) is 0 Å². The minimum absolute atomic E-state index is 0.0482. The van der Waals surface area contributed by atoms with Crippen molar-refractivity contribution in [1.82, 2.24) is 10.2 Å². The standard InChI is InChI=1S/C13H18Br2N2O2/c1-4-19-13-9(5-10(14)6-11(13)15)7-16-8-12(18)17(2)3/h5-6,16H,4,7-8H2,1-3H3. The Bertz CT molecular complexity index is 451. The van der Waals surface area contributed by atoms with Crippen LogP contribution < -0.4 is 10.1 Å². The lowest BCUT2D eigenvalue weighted by atomic mass is 10.2. The van der Waals surface area contributed by atoms with Crippen molar-refractivity contribution in [2.45, 2.75) is 13.5 Å². The fourth-order valence-electron chi connectivity index (χ4n) is 1.51. The van der Waals surface area contributed by atoms with Crippen molar-refractivity contribution in [1.29, 1.82) is 0 Å². The van der Waals surface area contributed by atoms with Crippen molar-refractivity contribution in [2.75, 3.05) is 27.2 Å². The quantitative estimate of drug-likeness (QED) is 0.807. The SMILES string of the molecule is CCOc1c(Br)cc(Br)cc1CNCC(=O)N(C)C. The lowest BCUT2D eigenvalue weighted by Gasteiger charge is -2.15. The number of rotatable bonds is 6. The van der Waals surface area contributed by atoms with E-state index in [-0.39, 0.29) is 5.91 Å². The van der Waals surface area contributed by atoms with Gasteiger partial charge in [0.25, 0.3) is 0 Å². The fourth-order valence-corrected chi connectivity index (χ4v) is 2.94. The van der Waals surface area contributed by atoms with E-state index in [1.807, 2.05) is 19.1 Å². The summed E-state index contributed by atoms with van der Waals surface area (Å²) in [6, 6.07) is 3.93. The molecular weight excluding hydrogens is 376 g/mol. The van der Waals surface area contributed by atoms with Crippen LogP contribution in [0.15, 0.2) is 21.1 Å². The Hall–Kier alpha value is -0.590. The number of halogens is 2. The van der Waals surface area contributed by atoms with Gasteiger partial charge in [0.15, 0.2) is 0 Å². The first-order chi connectivity index (χ1) is 8.95. The van der Waals surface area contributed by atoms with E-state index in [1.54, 1.807) is 19.0 Å². The molecule has 106 valence electrons. The first-order valence-electron chi connectivity index (χ1n) is 5.97. The van der Waals surface area contributed by atoms with Crippen LogP contribution in [0.5, 0.6) is 5.75 Å². The summed E-state index contributed by atoms with van der Waals surface area (Å²) >= 11 is 6.94. The van der Waals surface area contributed by atoms with Crippen molar-refractivity contribution in [3.63, 3.8) is 0 Å². The molecule has 0 radical (unpaired) electrons. The van der Waals surface area contributed by atoms with Gasteiger partial charge in [0, 0.05) is 30.7 Å². The van der Waals surface area contributed by atoms with E-state index in [2.05, 4.69) is 37.2 Å². The highest BCUT2D eigenvalue weighted by Gasteiger charge is 2.10. The van der Waals surface area contributed by atoms with E-state index in [0.717, 1.165) is 20.3 Å². The highest BCUT2D eigenvalue weighted by Crippen LogP contribution is 2.32. The molecule has 0 bridgehead atoms. The zero-order chi connectivity index (χ0) is 14.4. The molecule has 0 heterocycles. The lowest BCUT2D eigenvalue weighted by molar-refractivity contribution is -0.127. The van der Waals surface area contributed by atoms with Gasteiger partial charge in [0.1, 0.15) is 5.75 Å². The topological polar surface area (TPSA) is 41.6 Å². The van der Waals surface area contributed by atoms with Gasteiger partial charge in [0.2, 0.25) is 5.91 Å². The molecule has 0 atom stereocenters. The Balaban J connectivity index is 2.73. The second-order valence-electron chi connectivity index (χ2n) is 4.20. The van der Waals surface area contributed by atoms with E-state index < -0.39 is 0 Å². The summed E-state index contributed by atoms with van der Waals surface area (Å²) < 4.78 is 7.50. The molecule has 1 aromatic rings. The fraction of sp³-hybridized carbons (Fsp3) is 0.462. The van der Waals surface area contributed by atoms with Crippen LogP contribution in [0.4, 0.5) is 0 Å². The van der Waals surface area contributed by atoms with Gasteiger partial charge in [-0.25, -0.2) is 0 Å². The number of nitrogens with one attached hydrogen (secondary N) is 1. The molecule has 0 aliphatic rings. The summed E-state index contributed by atoms with van der Waals surface area (Å²) in [6.45, 7) is 3.43. The summed E-state index contributed by atoms with van der Waals surface area (Å²) in [7, 11) is 3.48. The second kappa shape index (κ2) is 7.87. The zero-order valence-electron chi connectivity index (χ0n) is 11.3. The molecule has 0 aromatic heterocycles. The molecule has 0 unspecified atom stereocenters. The number of hydrogen-bond donors (Lipinski definition) is 1. The van der Waals surface area contributed by atoms with Crippen LogP contribution in [0.2, 0.25) is 0 Å². The number of nitrogens with zero attached hydrogens (tertiary/aromatic N) is 1. The van der Waals surface area contributed by atoms with E-state index in [9.17, 15) is 4.79 Å². The average Bonchev–Trinajstić information content (AvgIpc) is 2.33. The normalized spacial score (nSPS) is 10.4. The third kappa shape index (κ3) is 5.12. The highest BCUT2D eigenvalue weighted by molar-refractivity contribution is 9.11. The van der Waals surface area contributed by atoms with Crippen molar-refractivity contribution >= 4 is 37.8 Å². The first kappa shape index (κ1) is 16.5. The van der Waals surface area contributed by atoms with Gasteiger partial charge in [-0.3, -0.25) is 4.79 Å². The molecule has 0 spiro atoms. The predicted octanol–water partition coefficient (Wildman–Crippen LogP) is 2.79. The Morgan fingerprint density at radius 3 is 2.63 bits per heavy atom. The second-order valence-corrected chi connectivity index (χ2v) is 5.97. The molecule has 1 aromatic carbocycles. The molecular formula is C13H18Br2N2O2. The molecule has 1 rings (SSSR count). The summed E-state index contributed by atoms with van der Waals surface area (Å²) in [4.78, 5) is 13.1. The monoisotopic (exact) mass is 392 g/mol. The maximum atomic E-state index is 11.5. The van der Waals surface area contributed by atoms with Gasteiger partial charge >= 0.3 is 0 Å². The van der Waals surface area contributed by atoms with Gasteiger partial charge in [-0.05, 0) is 35.0 Å². The van der Waals surface area contributed by atoms with Gasteiger partial charge in [-0.15, -0.1) is 0 Å². The molecule has 1 N–H and O–H groups in total. The highest BCUT2D eigenvalue weighted by atomic mass is 79.9. The largest absolute Gasteiger partial charge is 0.492 e. The minimum Gasteiger partial charge on any atom is -0.492 e. The van der Waals surface area contributed by atoms with Crippen LogP contribution in [0.1, 0.15) is 12.5 Å². The van der Waals surface area contributed by atoms with Crippen LogP contribution in [0.3, 0.4) is 0 Å². The number of hydrogen-bond acceptors (Lipinski definition) is 3. The van der Waals surface area contributed by atoms with Gasteiger partial charge < -0.3 is 15.0 Å². The molecule has 0 saturated carbocycles. The summed E-state index contributed by atoms with van der Waals surface area (Å²) in [5.41, 5.74) is 1.01. The Morgan fingerprint density at radius 2 is 2.05 bits per heavy atom. The van der Waals surface area contributed by atoms with Crippen molar-refractivity contribution in [3.05, 3.63) is 26.6 Å². The summed E-state index contributed by atoms with van der Waals surface area (Å²) in [6.07, 6.45) is 0. The lowest BCUT2D eigenvalue weighted by Crippen LogP contribution is -2.32. The summed E-state index contributed by atoms with van der Waals surface area (Å²) in [5.74, 6) is 0.863. The Morgan fingerprint density at radius 1 is 1.37 bits per heavy atom. The third-order valence-electron chi connectivity index (χ3n) is 2.46. The molecule has 19 heavy (non-hydrogen) atoms. The van der Waals surface area contributed by atoms with E-state index in [1.165, 1.54) is 0 Å². The van der Waals surface area contributed by atoms with Crippen LogP contribution in [0, 0.1) is 0 Å². The zero-order valence-corrected chi connectivity index (χ0v) is 14.5. The van der Waals surface area contributed by atoms with Gasteiger partial charge in [0.05, 0.1) is 17.6 Å². The number of amides is 1. The molecule has 1 amide bonds. The first-order valence-corrected chi connectivity index (χ1v) is 7.55. The average molecular weight is 394 g/mol. The summed E-state index contributed by atoms with van der Waals surface area (Å²) in [5, 5.41) is 3.12. The molecule has 0 fully saturated rings. The number of likely N-dealkylation sites (N-methyl/N-ethyl adjacent to an activating group) is 1. The van der Waals surface area contributed by atoms with E-state index in [0.29, 0.717) is 19.7 Å². The van der Waals surface area contributed by atoms with E-state index in [4.69, 9.17) is 4.74 Å². The maximum absolute atomic E-state index is 11.5. The van der Waals surface area contributed by atoms with Crippen molar-refractivity contribution < 1.29 is 9.53 Å². The number of ether oxygens (including phenoxy) is 1. The van der Waals surface area contributed by atoms with Crippen LogP contribution in [-0.2, 0) is 11.3 Å². The maximum Gasteiger partial charge on any atom is 0.236 e. The minimum atomic E-state index is 0.0482. The molecule has 0 aliphatic heterocycles. The number of carbonyl (C=O) groups excluding carboxylic acids is 1. The smallest absolute Gasteiger partial charge is 0.236 e. The number of carbonyl (C=O) groups is 1. The van der Waals surface area contributed by atoms with Gasteiger partial charge in [-0.2, -0.15) is 0 Å². The third-order valence-corrected chi connectivity index (χ3v) is 3.51. The Kier molecular flexibility index (Phi) is 6.82. The van der Waals surface area contributed by atoms with Crippen LogP contribution >= 0.6 is 31.9 Å². The molecule has 6 heteroatoms. The van der Waals surface area contributed by atoms with Crippen molar-refractivity contribution in [2.24, 2.45) is 0 Å². The molecule has 4 nitrogen and oxygen atoms in total. The number of benzene rings is 1. The van der Waals surface area contributed by atoms with Gasteiger partial charge in [-0.1, -0.05) is 15.9 Å².